The zero-order valence-corrected chi connectivity index (χ0v) is 27.8. The van der Waals surface area contributed by atoms with Crippen LogP contribution in [0.5, 0.6) is 0 Å². The van der Waals surface area contributed by atoms with E-state index >= 15 is 0 Å². The summed E-state index contributed by atoms with van der Waals surface area (Å²) in [5.74, 6) is -3.71. The molecule has 1 amide bonds. The molecule has 3 aliphatic rings. The van der Waals surface area contributed by atoms with Crippen LogP contribution in [0.4, 0.5) is 5.69 Å². The number of aryl methyl sites for hydroxylation is 1. The largest absolute Gasteiger partial charge is 0.466 e. The number of carbonyl (C=O) groups excluding carboxylic acids is 5. The van der Waals surface area contributed by atoms with Gasteiger partial charge in [-0.05, 0) is 38.8 Å². The fourth-order valence-electron chi connectivity index (χ4n) is 5.21. The van der Waals surface area contributed by atoms with Crippen molar-refractivity contribution in [3.8, 4) is 0 Å². The summed E-state index contributed by atoms with van der Waals surface area (Å²) in [6, 6.07) is 5.63. The highest BCUT2D eigenvalue weighted by Gasteiger charge is 2.61. The number of rotatable bonds is 6. The van der Waals surface area contributed by atoms with E-state index in [1.807, 2.05) is 52.8 Å². The molecule has 3 aliphatic heterocycles. The normalized spacial score (nSPS) is 19.0. The molecule has 0 bridgehead atoms. The molecular formula is C30H33NO9S3. The molecule has 0 saturated carbocycles. The van der Waals surface area contributed by atoms with Crippen molar-refractivity contribution in [2.24, 2.45) is 5.92 Å². The van der Waals surface area contributed by atoms with Gasteiger partial charge in [0.25, 0.3) is 0 Å². The molecule has 0 N–H and O–H groups in total. The predicted molar refractivity (Wildman–Crippen MR) is 167 cm³/mol. The smallest absolute Gasteiger partial charge is 0.345 e. The summed E-state index contributed by atoms with van der Waals surface area (Å²) in [7, 11) is 4.73. The van der Waals surface area contributed by atoms with Gasteiger partial charge in [-0.1, -0.05) is 61.3 Å². The first-order valence-electron chi connectivity index (χ1n) is 13.3. The molecule has 0 aliphatic carbocycles. The maximum Gasteiger partial charge on any atom is 0.345 e. The van der Waals surface area contributed by atoms with E-state index in [1.165, 1.54) is 28.4 Å². The molecule has 0 saturated heterocycles. The maximum absolute atomic E-state index is 14.0. The van der Waals surface area contributed by atoms with Gasteiger partial charge in [-0.25, -0.2) is 19.2 Å². The SMILES string of the molecule is CCC(C)C(=O)N1c2cc(C)ccc2C2=C(SC(C(=O)OC)=C(C(=O)OC)C23SC(C(=O)OC)=C(C(=O)OC)S3)C1(C)C. The minimum absolute atomic E-state index is 0.0805. The Bertz CT molecular complexity index is 1510. The number of thioether (sulfide) groups is 3. The van der Waals surface area contributed by atoms with Crippen LogP contribution in [0.25, 0.3) is 5.57 Å². The van der Waals surface area contributed by atoms with E-state index in [-0.39, 0.29) is 32.1 Å². The molecule has 0 fully saturated rings. The zero-order chi connectivity index (χ0) is 32.0. The van der Waals surface area contributed by atoms with Crippen molar-refractivity contribution in [1.82, 2.24) is 0 Å². The van der Waals surface area contributed by atoms with Crippen LogP contribution in [-0.4, -0.2) is 67.8 Å². The van der Waals surface area contributed by atoms with Crippen LogP contribution < -0.4 is 4.90 Å². The topological polar surface area (TPSA) is 126 Å². The number of benzene rings is 1. The molecule has 0 radical (unpaired) electrons. The van der Waals surface area contributed by atoms with Gasteiger partial charge in [0.15, 0.2) is 0 Å². The molecule has 0 aromatic heterocycles. The molecule has 1 aromatic carbocycles. The third kappa shape index (κ3) is 5.08. The Balaban J connectivity index is 2.17. The Kier molecular flexibility index (Phi) is 9.20. The Morgan fingerprint density at radius 3 is 1.84 bits per heavy atom. The highest BCUT2D eigenvalue weighted by atomic mass is 32.2. The van der Waals surface area contributed by atoms with E-state index in [0.717, 1.165) is 40.8 Å². The standard InChI is InChI=1S/C30H33NO9S3/c1-10-15(3)24(32)31-17-13-14(2)11-12-16(17)18-23(29(31,4)5)41-20(26(34)38-7)19(25(33)37-6)30(18)42-21(27(35)39-8)22(43-30)28(36)40-9/h11-13,15H,10H2,1-9H3. The first-order chi connectivity index (χ1) is 20.2. The highest BCUT2D eigenvalue weighted by Crippen LogP contribution is 2.71. The lowest BCUT2D eigenvalue weighted by atomic mass is 9.82. The lowest BCUT2D eigenvalue weighted by molar-refractivity contribution is -0.138. The number of anilines is 1. The molecule has 230 valence electrons. The minimum atomic E-state index is -1.60. The molecule has 13 heteroatoms. The van der Waals surface area contributed by atoms with Gasteiger partial charge in [-0.2, -0.15) is 0 Å². The van der Waals surface area contributed by atoms with Crippen LogP contribution in [0.1, 0.15) is 45.2 Å². The van der Waals surface area contributed by atoms with Crippen LogP contribution in [0.15, 0.2) is 43.4 Å². The van der Waals surface area contributed by atoms with E-state index in [2.05, 4.69) is 0 Å². The summed E-state index contributed by atoms with van der Waals surface area (Å²) < 4.78 is 18.8. The number of carbonyl (C=O) groups is 5. The molecule has 1 atom stereocenters. The van der Waals surface area contributed by atoms with Gasteiger partial charge in [0.1, 0.15) is 18.8 Å². The third-order valence-electron chi connectivity index (χ3n) is 7.55. The van der Waals surface area contributed by atoms with E-state index < -0.39 is 33.5 Å². The van der Waals surface area contributed by atoms with Gasteiger partial charge >= 0.3 is 23.9 Å². The molecule has 1 unspecified atom stereocenters. The fourth-order valence-corrected chi connectivity index (χ4v) is 10.3. The van der Waals surface area contributed by atoms with Gasteiger partial charge < -0.3 is 23.8 Å². The quantitative estimate of drug-likeness (QED) is 0.306. The number of esters is 4. The van der Waals surface area contributed by atoms with Gasteiger partial charge in [0.2, 0.25) is 5.91 Å². The Morgan fingerprint density at radius 2 is 1.35 bits per heavy atom. The summed E-state index contributed by atoms with van der Waals surface area (Å²) in [5.41, 5.74) is 1.50. The molecule has 3 heterocycles. The molecule has 1 aromatic rings. The van der Waals surface area contributed by atoms with Crippen LogP contribution in [-0.2, 0) is 42.9 Å². The minimum Gasteiger partial charge on any atom is -0.466 e. The lowest BCUT2D eigenvalue weighted by Crippen LogP contribution is -2.55. The zero-order valence-electron chi connectivity index (χ0n) is 25.4. The van der Waals surface area contributed by atoms with Crippen molar-refractivity contribution in [2.75, 3.05) is 33.3 Å². The summed E-state index contributed by atoms with van der Waals surface area (Å²) in [6.07, 6.45) is 0.607. The van der Waals surface area contributed by atoms with E-state index in [0.29, 0.717) is 28.1 Å². The van der Waals surface area contributed by atoms with Crippen molar-refractivity contribution in [3.63, 3.8) is 0 Å². The highest BCUT2D eigenvalue weighted by molar-refractivity contribution is 8.26. The number of hydrogen-bond acceptors (Lipinski definition) is 12. The third-order valence-corrected chi connectivity index (χ3v) is 12.2. The Hall–Kier alpha value is -3.16. The van der Waals surface area contributed by atoms with Gasteiger partial charge in [-0.15, -0.1) is 0 Å². The monoisotopic (exact) mass is 647 g/mol. The van der Waals surface area contributed by atoms with Crippen molar-refractivity contribution >= 4 is 76.3 Å². The van der Waals surface area contributed by atoms with E-state index in [1.54, 1.807) is 4.90 Å². The Morgan fingerprint density at radius 1 is 0.837 bits per heavy atom. The Labute approximate surface area is 262 Å². The summed E-state index contributed by atoms with van der Waals surface area (Å²) >= 11 is 2.82. The van der Waals surface area contributed by atoms with Crippen LogP contribution >= 0.6 is 35.3 Å². The second-order valence-corrected chi connectivity index (χ2v) is 14.2. The van der Waals surface area contributed by atoms with Gasteiger partial charge in [-0.3, -0.25) is 4.79 Å². The van der Waals surface area contributed by atoms with Crippen LogP contribution in [0, 0.1) is 12.8 Å². The second kappa shape index (κ2) is 12.1. The number of hydrogen-bond donors (Lipinski definition) is 0. The summed E-state index contributed by atoms with van der Waals surface area (Å²) in [4.78, 5) is 69.4. The van der Waals surface area contributed by atoms with Crippen molar-refractivity contribution in [2.45, 2.75) is 50.7 Å². The van der Waals surface area contributed by atoms with Gasteiger partial charge in [0.05, 0.1) is 45.2 Å². The van der Waals surface area contributed by atoms with Crippen molar-refractivity contribution in [3.05, 3.63) is 54.5 Å². The second-order valence-electron chi connectivity index (χ2n) is 10.5. The molecule has 1 spiro atoms. The van der Waals surface area contributed by atoms with Gasteiger partial charge in [0, 0.05) is 22.0 Å². The van der Waals surface area contributed by atoms with E-state index in [4.69, 9.17) is 18.9 Å². The number of amides is 1. The lowest BCUT2D eigenvalue weighted by Gasteiger charge is -2.51. The number of nitrogens with zero attached hydrogens (tertiary/aromatic N) is 1. The number of methoxy groups -OCH3 is 4. The van der Waals surface area contributed by atoms with Crippen molar-refractivity contribution < 1.29 is 42.9 Å². The number of fused-ring (bicyclic) bond motifs is 3. The summed E-state index contributed by atoms with van der Waals surface area (Å²) in [6.45, 7) is 9.45. The number of ether oxygens (including phenoxy) is 4. The fraction of sp³-hybridized carbons (Fsp3) is 0.433. The molecule has 4 rings (SSSR count). The average Bonchev–Trinajstić information content (AvgIpc) is 3.38. The summed E-state index contributed by atoms with van der Waals surface area (Å²) in [5, 5.41) is 0. The molecule has 10 nitrogen and oxygen atoms in total. The molecular weight excluding hydrogens is 615 g/mol. The first kappa shape index (κ1) is 32.7. The molecule has 43 heavy (non-hydrogen) atoms. The van der Waals surface area contributed by atoms with E-state index in [9.17, 15) is 24.0 Å². The maximum atomic E-state index is 14.0. The van der Waals surface area contributed by atoms with Crippen molar-refractivity contribution in [1.29, 1.82) is 0 Å². The predicted octanol–water partition coefficient (Wildman–Crippen LogP) is 4.96. The first-order valence-corrected chi connectivity index (χ1v) is 15.8. The average molecular weight is 648 g/mol. The van der Waals surface area contributed by atoms with Crippen LogP contribution in [0.3, 0.4) is 0 Å². The van der Waals surface area contributed by atoms with Crippen LogP contribution in [0.2, 0.25) is 0 Å².